The van der Waals surface area contributed by atoms with Crippen molar-refractivity contribution in [3.05, 3.63) is 70.0 Å². The molecule has 0 aliphatic rings. The second kappa shape index (κ2) is 7.53. The van der Waals surface area contributed by atoms with Gasteiger partial charge in [-0.25, -0.2) is 0 Å². The number of rotatable bonds is 6. The van der Waals surface area contributed by atoms with Crippen molar-refractivity contribution in [3.63, 3.8) is 0 Å². The van der Waals surface area contributed by atoms with E-state index in [4.69, 9.17) is 4.74 Å². The van der Waals surface area contributed by atoms with E-state index in [9.17, 15) is 24.8 Å². The SMILES string of the molecule is CC(C)(C)OC(=O)C(Cc1ccccn1)(C(=O)O)c1ccc([N+](=O)[O-])cc1. The van der Waals surface area contributed by atoms with Crippen LogP contribution in [-0.2, 0) is 26.2 Å². The van der Waals surface area contributed by atoms with Crippen molar-refractivity contribution in [3.8, 4) is 0 Å². The molecule has 142 valence electrons. The fraction of sp³-hybridized carbons (Fsp3) is 0.316. The number of hydrogen-bond donors (Lipinski definition) is 1. The van der Waals surface area contributed by atoms with Crippen LogP contribution in [0.15, 0.2) is 48.7 Å². The van der Waals surface area contributed by atoms with E-state index in [0.29, 0.717) is 5.69 Å². The topological polar surface area (TPSA) is 120 Å². The summed E-state index contributed by atoms with van der Waals surface area (Å²) in [6.07, 6.45) is 1.24. The number of aromatic nitrogens is 1. The number of nitro groups is 1. The number of nitrogens with zero attached hydrogens (tertiary/aromatic N) is 2. The molecule has 2 rings (SSSR count). The summed E-state index contributed by atoms with van der Waals surface area (Å²) in [5, 5.41) is 20.9. The van der Waals surface area contributed by atoms with Crippen molar-refractivity contribution in [2.24, 2.45) is 0 Å². The Morgan fingerprint density at radius 1 is 1.15 bits per heavy atom. The van der Waals surface area contributed by atoms with Crippen LogP contribution < -0.4 is 0 Å². The van der Waals surface area contributed by atoms with Crippen LogP contribution in [0.1, 0.15) is 32.0 Å². The summed E-state index contributed by atoms with van der Waals surface area (Å²) in [6, 6.07) is 9.81. The van der Waals surface area contributed by atoms with Gasteiger partial charge in [0, 0.05) is 30.4 Å². The molecule has 0 saturated heterocycles. The van der Waals surface area contributed by atoms with E-state index in [0.717, 1.165) is 12.1 Å². The maximum absolute atomic E-state index is 13.0. The third kappa shape index (κ3) is 4.46. The number of carboxylic acids is 1. The number of aliphatic carboxylic acids is 1. The number of pyridine rings is 1. The molecule has 0 aliphatic heterocycles. The highest BCUT2D eigenvalue weighted by molar-refractivity contribution is 6.06. The molecule has 1 aromatic heterocycles. The molecule has 27 heavy (non-hydrogen) atoms. The summed E-state index contributed by atoms with van der Waals surface area (Å²) in [6.45, 7) is 4.90. The number of nitro benzene ring substituents is 1. The molecular formula is C19H20N2O6. The van der Waals surface area contributed by atoms with Crippen LogP contribution in [0, 0.1) is 10.1 Å². The second-order valence-electron chi connectivity index (χ2n) is 7.01. The summed E-state index contributed by atoms with van der Waals surface area (Å²) in [7, 11) is 0. The van der Waals surface area contributed by atoms with Gasteiger partial charge in [0.05, 0.1) is 4.92 Å². The average Bonchev–Trinajstić information content (AvgIpc) is 2.58. The molecule has 1 atom stereocenters. The summed E-state index contributed by atoms with van der Waals surface area (Å²) in [4.78, 5) is 39.7. The van der Waals surface area contributed by atoms with Gasteiger partial charge < -0.3 is 9.84 Å². The van der Waals surface area contributed by atoms with Crippen LogP contribution in [0.3, 0.4) is 0 Å². The van der Waals surface area contributed by atoms with Crippen molar-refractivity contribution in [1.29, 1.82) is 0 Å². The molecule has 0 fully saturated rings. The van der Waals surface area contributed by atoms with E-state index in [1.807, 2.05) is 0 Å². The third-order valence-electron chi connectivity index (χ3n) is 3.86. The van der Waals surface area contributed by atoms with Gasteiger partial charge in [0.25, 0.3) is 5.69 Å². The molecule has 1 aromatic carbocycles. The number of ether oxygens (including phenoxy) is 1. The maximum atomic E-state index is 13.0. The molecule has 1 heterocycles. The lowest BCUT2D eigenvalue weighted by Gasteiger charge is -2.31. The van der Waals surface area contributed by atoms with Gasteiger partial charge in [-0.2, -0.15) is 0 Å². The number of non-ortho nitro benzene ring substituents is 1. The Bertz CT molecular complexity index is 843. The van der Waals surface area contributed by atoms with E-state index < -0.39 is 27.9 Å². The molecule has 0 saturated carbocycles. The lowest BCUT2D eigenvalue weighted by molar-refractivity contribution is -0.384. The monoisotopic (exact) mass is 372 g/mol. The van der Waals surface area contributed by atoms with E-state index in [-0.39, 0.29) is 17.7 Å². The van der Waals surface area contributed by atoms with Gasteiger partial charge in [-0.3, -0.25) is 24.7 Å². The summed E-state index contributed by atoms with van der Waals surface area (Å²) >= 11 is 0. The molecule has 8 heteroatoms. The summed E-state index contributed by atoms with van der Waals surface area (Å²) in [5.74, 6) is -2.38. The van der Waals surface area contributed by atoms with Crippen LogP contribution in [0.25, 0.3) is 0 Å². The first-order valence-electron chi connectivity index (χ1n) is 8.18. The Balaban J connectivity index is 2.61. The van der Waals surface area contributed by atoms with Gasteiger partial charge in [-0.1, -0.05) is 18.2 Å². The quantitative estimate of drug-likeness (QED) is 0.358. The van der Waals surface area contributed by atoms with Gasteiger partial charge >= 0.3 is 11.9 Å². The van der Waals surface area contributed by atoms with E-state index >= 15 is 0 Å². The number of carbonyl (C=O) groups excluding carboxylic acids is 1. The molecule has 0 aliphatic carbocycles. The van der Waals surface area contributed by atoms with Gasteiger partial charge in [0.1, 0.15) is 5.60 Å². The Morgan fingerprint density at radius 3 is 2.22 bits per heavy atom. The molecule has 0 radical (unpaired) electrons. The number of hydrogen-bond acceptors (Lipinski definition) is 6. The highest BCUT2D eigenvalue weighted by Crippen LogP contribution is 2.33. The van der Waals surface area contributed by atoms with Gasteiger partial charge in [-0.15, -0.1) is 0 Å². The zero-order chi connectivity index (χ0) is 20.2. The Hall–Kier alpha value is -3.29. The average molecular weight is 372 g/mol. The number of esters is 1. The zero-order valence-electron chi connectivity index (χ0n) is 15.2. The number of carbonyl (C=O) groups is 2. The lowest BCUT2D eigenvalue weighted by atomic mass is 9.76. The fourth-order valence-electron chi connectivity index (χ4n) is 2.59. The molecule has 0 bridgehead atoms. The third-order valence-corrected chi connectivity index (χ3v) is 3.86. The predicted octanol–water partition coefficient (Wildman–Crippen LogP) is 2.90. The molecule has 1 N–H and O–H groups in total. The maximum Gasteiger partial charge on any atom is 0.328 e. The first-order valence-corrected chi connectivity index (χ1v) is 8.18. The molecule has 8 nitrogen and oxygen atoms in total. The number of carboxylic acid groups (broad SMARTS) is 1. The minimum atomic E-state index is -2.09. The van der Waals surface area contributed by atoms with E-state index in [1.54, 1.807) is 39.0 Å². The Morgan fingerprint density at radius 2 is 1.78 bits per heavy atom. The van der Waals surface area contributed by atoms with Crippen molar-refractivity contribution in [2.75, 3.05) is 0 Å². The molecule has 1 unspecified atom stereocenters. The van der Waals surface area contributed by atoms with Crippen molar-refractivity contribution in [1.82, 2.24) is 4.98 Å². The largest absolute Gasteiger partial charge is 0.480 e. The molecule has 0 spiro atoms. The fourth-order valence-corrected chi connectivity index (χ4v) is 2.59. The molecular weight excluding hydrogens is 352 g/mol. The highest BCUT2D eigenvalue weighted by Gasteiger charge is 2.51. The zero-order valence-corrected chi connectivity index (χ0v) is 15.2. The van der Waals surface area contributed by atoms with Gasteiger partial charge in [0.15, 0.2) is 5.41 Å². The molecule has 2 aromatic rings. The standard InChI is InChI=1S/C19H20N2O6/c1-18(2,3)27-17(24)19(16(22)23,12-14-6-4-5-11-20-14)13-7-9-15(10-8-13)21(25)26/h4-11H,12H2,1-3H3,(H,22,23). The van der Waals surface area contributed by atoms with Crippen molar-refractivity contribution in [2.45, 2.75) is 38.2 Å². The smallest absolute Gasteiger partial charge is 0.328 e. The minimum absolute atomic E-state index is 0.0838. The van der Waals surface area contributed by atoms with Crippen LogP contribution >= 0.6 is 0 Å². The Kier molecular flexibility index (Phi) is 5.58. The lowest BCUT2D eigenvalue weighted by Crippen LogP contribution is -2.49. The first-order chi connectivity index (χ1) is 12.6. The van der Waals surface area contributed by atoms with Gasteiger partial charge in [0.2, 0.25) is 0 Å². The van der Waals surface area contributed by atoms with Crippen LogP contribution in [0.2, 0.25) is 0 Å². The minimum Gasteiger partial charge on any atom is -0.480 e. The predicted molar refractivity (Wildman–Crippen MR) is 96.2 cm³/mol. The van der Waals surface area contributed by atoms with Crippen LogP contribution in [0.5, 0.6) is 0 Å². The van der Waals surface area contributed by atoms with Crippen molar-refractivity contribution < 1.29 is 24.4 Å². The highest BCUT2D eigenvalue weighted by atomic mass is 16.6. The Labute approximate surface area is 156 Å². The number of benzene rings is 1. The second-order valence-corrected chi connectivity index (χ2v) is 7.01. The van der Waals surface area contributed by atoms with Crippen LogP contribution in [-0.4, -0.2) is 32.6 Å². The van der Waals surface area contributed by atoms with Crippen molar-refractivity contribution >= 4 is 17.6 Å². The van der Waals surface area contributed by atoms with Crippen LogP contribution in [0.4, 0.5) is 5.69 Å². The van der Waals surface area contributed by atoms with E-state index in [1.165, 1.54) is 18.3 Å². The van der Waals surface area contributed by atoms with E-state index in [2.05, 4.69) is 4.98 Å². The summed E-state index contributed by atoms with van der Waals surface area (Å²) in [5.41, 5.74) is -2.75. The first kappa shape index (κ1) is 20.0. The summed E-state index contributed by atoms with van der Waals surface area (Å²) < 4.78 is 5.39. The normalized spacial score (nSPS) is 13.4. The molecule has 0 amide bonds. The van der Waals surface area contributed by atoms with Gasteiger partial charge in [-0.05, 0) is 38.5 Å².